The lowest BCUT2D eigenvalue weighted by Gasteiger charge is -2.33. The van der Waals surface area contributed by atoms with Crippen LogP contribution in [0.25, 0.3) is 0 Å². The molecule has 0 aliphatic carbocycles. The first-order valence-corrected chi connectivity index (χ1v) is 6.23. The highest BCUT2D eigenvalue weighted by Gasteiger charge is 2.54. The lowest BCUT2D eigenvalue weighted by Crippen LogP contribution is -2.55. The van der Waals surface area contributed by atoms with E-state index in [0.29, 0.717) is 6.26 Å². The Hall–Kier alpha value is -2.50. The SMILES string of the molecule is O=C(OCc1ccccc1)C1/C(=C/O)OC2CC(=O)N21. The number of benzene rings is 1. The Morgan fingerprint density at radius 3 is 2.85 bits per heavy atom. The van der Waals surface area contributed by atoms with Gasteiger partial charge in [-0.3, -0.25) is 9.69 Å². The quantitative estimate of drug-likeness (QED) is 0.507. The normalized spacial score (nSPS) is 25.9. The van der Waals surface area contributed by atoms with Crippen LogP contribution in [0.5, 0.6) is 0 Å². The Morgan fingerprint density at radius 1 is 1.45 bits per heavy atom. The number of esters is 1. The van der Waals surface area contributed by atoms with Crippen LogP contribution in [-0.2, 0) is 25.7 Å². The van der Waals surface area contributed by atoms with Gasteiger partial charge in [-0.2, -0.15) is 0 Å². The standard InChI is InChI=1S/C14H13NO5/c16-7-10-13(15-11(17)6-12(15)20-10)14(18)19-8-9-4-2-1-3-5-9/h1-5,7,12-13,16H,6,8H2/b10-7-. The van der Waals surface area contributed by atoms with E-state index >= 15 is 0 Å². The monoisotopic (exact) mass is 275 g/mol. The summed E-state index contributed by atoms with van der Waals surface area (Å²) in [5, 5.41) is 9.09. The van der Waals surface area contributed by atoms with E-state index in [0.717, 1.165) is 5.56 Å². The number of amides is 1. The Morgan fingerprint density at radius 2 is 2.20 bits per heavy atom. The number of β-lactam (4-membered cyclic amide) rings is 1. The van der Waals surface area contributed by atoms with Crippen LogP contribution in [0.2, 0.25) is 0 Å². The average molecular weight is 275 g/mol. The molecule has 0 radical (unpaired) electrons. The van der Waals surface area contributed by atoms with E-state index in [1.807, 2.05) is 30.3 Å². The summed E-state index contributed by atoms with van der Waals surface area (Å²) in [7, 11) is 0. The maximum absolute atomic E-state index is 12.1. The van der Waals surface area contributed by atoms with Gasteiger partial charge in [0, 0.05) is 0 Å². The second-order valence-corrected chi connectivity index (χ2v) is 4.60. The molecule has 2 fully saturated rings. The van der Waals surface area contributed by atoms with Crippen molar-refractivity contribution >= 4 is 11.9 Å². The minimum Gasteiger partial charge on any atom is -0.512 e. The average Bonchev–Trinajstić information content (AvgIpc) is 2.78. The van der Waals surface area contributed by atoms with Crippen molar-refractivity contribution in [3.63, 3.8) is 0 Å². The van der Waals surface area contributed by atoms with E-state index in [9.17, 15) is 9.59 Å². The van der Waals surface area contributed by atoms with Crippen LogP contribution in [-0.4, -0.2) is 34.2 Å². The lowest BCUT2D eigenvalue weighted by atomic mass is 10.1. The Bertz CT molecular complexity index is 568. The summed E-state index contributed by atoms with van der Waals surface area (Å²) < 4.78 is 10.5. The maximum Gasteiger partial charge on any atom is 0.337 e. The van der Waals surface area contributed by atoms with Crippen LogP contribution in [0, 0.1) is 0 Å². The minimum atomic E-state index is -0.977. The number of aliphatic hydroxyl groups is 1. The van der Waals surface area contributed by atoms with E-state index in [4.69, 9.17) is 14.6 Å². The van der Waals surface area contributed by atoms with Crippen LogP contribution in [0.4, 0.5) is 0 Å². The van der Waals surface area contributed by atoms with Crippen molar-refractivity contribution in [2.75, 3.05) is 0 Å². The Kier molecular flexibility index (Phi) is 3.06. The molecule has 1 N–H and O–H groups in total. The molecule has 1 aromatic rings. The molecule has 6 heteroatoms. The fourth-order valence-corrected chi connectivity index (χ4v) is 2.31. The van der Waals surface area contributed by atoms with Gasteiger partial charge in [0.1, 0.15) is 12.9 Å². The molecule has 0 saturated carbocycles. The lowest BCUT2D eigenvalue weighted by molar-refractivity contribution is -0.166. The third-order valence-corrected chi connectivity index (χ3v) is 3.34. The second kappa shape index (κ2) is 4.88. The molecule has 20 heavy (non-hydrogen) atoms. The molecule has 2 saturated heterocycles. The Labute approximate surface area is 115 Å². The second-order valence-electron chi connectivity index (χ2n) is 4.60. The van der Waals surface area contributed by atoms with Crippen LogP contribution in [0.3, 0.4) is 0 Å². The van der Waals surface area contributed by atoms with Gasteiger partial charge in [-0.25, -0.2) is 4.79 Å². The highest BCUT2D eigenvalue weighted by molar-refractivity contribution is 5.91. The van der Waals surface area contributed by atoms with Crippen LogP contribution in [0.1, 0.15) is 12.0 Å². The summed E-state index contributed by atoms with van der Waals surface area (Å²) in [5.74, 6) is -0.739. The van der Waals surface area contributed by atoms with E-state index in [2.05, 4.69) is 0 Å². The number of rotatable bonds is 3. The molecule has 0 aromatic heterocycles. The zero-order valence-electron chi connectivity index (χ0n) is 10.6. The largest absolute Gasteiger partial charge is 0.512 e. The fourth-order valence-electron chi connectivity index (χ4n) is 2.31. The number of fused-ring (bicyclic) bond motifs is 1. The predicted octanol–water partition coefficient (Wildman–Crippen LogP) is 1.09. The molecule has 104 valence electrons. The van der Waals surface area contributed by atoms with E-state index < -0.39 is 18.2 Å². The van der Waals surface area contributed by atoms with Crippen molar-refractivity contribution < 1.29 is 24.2 Å². The van der Waals surface area contributed by atoms with Gasteiger partial charge in [0.15, 0.2) is 18.0 Å². The number of carbonyl (C=O) groups excluding carboxylic acids is 2. The molecular weight excluding hydrogens is 262 g/mol. The number of ether oxygens (including phenoxy) is 2. The highest BCUT2D eigenvalue weighted by atomic mass is 16.6. The summed E-state index contributed by atoms with van der Waals surface area (Å²) in [6.45, 7) is 0.113. The first-order chi connectivity index (χ1) is 9.70. The van der Waals surface area contributed by atoms with Gasteiger partial charge in [-0.1, -0.05) is 30.3 Å². The zero-order valence-corrected chi connectivity index (χ0v) is 10.6. The van der Waals surface area contributed by atoms with Crippen LogP contribution >= 0.6 is 0 Å². The molecule has 1 amide bonds. The molecule has 2 heterocycles. The molecule has 2 atom stereocenters. The van der Waals surface area contributed by atoms with E-state index in [1.54, 1.807) is 0 Å². The minimum absolute atomic E-state index is 0.0545. The van der Waals surface area contributed by atoms with Gasteiger partial charge < -0.3 is 14.6 Å². The van der Waals surface area contributed by atoms with Crippen LogP contribution < -0.4 is 0 Å². The summed E-state index contributed by atoms with van der Waals surface area (Å²) in [6.07, 6.45) is 0.468. The topological polar surface area (TPSA) is 76.1 Å². The summed E-state index contributed by atoms with van der Waals surface area (Å²) >= 11 is 0. The van der Waals surface area contributed by atoms with E-state index in [1.165, 1.54) is 4.90 Å². The number of nitrogens with zero attached hydrogens (tertiary/aromatic N) is 1. The summed E-state index contributed by atoms with van der Waals surface area (Å²) in [4.78, 5) is 24.9. The van der Waals surface area contributed by atoms with Crippen molar-refractivity contribution in [2.24, 2.45) is 0 Å². The van der Waals surface area contributed by atoms with Gasteiger partial charge in [0.25, 0.3) is 0 Å². The molecule has 2 unspecified atom stereocenters. The molecule has 0 spiro atoms. The molecule has 0 bridgehead atoms. The molecule has 3 rings (SSSR count). The third-order valence-electron chi connectivity index (χ3n) is 3.34. The smallest absolute Gasteiger partial charge is 0.337 e. The van der Waals surface area contributed by atoms with Crippen molar-refractivity contribution in [3.05, 3.63) is 47.9 Å². The highest BCUT2D eigenvalue weighted by Crippen LogP contribution is 2.36. The number of carbonyl (C=O) groups is 2. The van der Waals surface area contributed by atoms with E-state index in [-0.39, 0.29) is 24.7 Å². The maximum atomic E-state index is 12.1. The van der Waals surface area contributed by atoms with Crippen molar-refractivity contribution in [3.8, 4) is 0 Å². The first kappa shape index (κ1) is 12.5. The summed E-state index contributed by atoms with van der Waals surface area (Å²) in [5.41, 5.74) is 0.848. The van der Waals surface area contributed by atoms with Gasteiger partial charge in [0.05, 0.1) is 6.42 Å². The van der Waals surface area contributed by atoms with Crippen LogP contribution in [0.15, 0.2) is 42.4 Å². The zero-order chi connectivity index (χ0) is 14.1. The van der Waals surface area contributed by atoms with Crippen molar-refractivity contribution in [2.45, 2.75) is 25.3 Å². The molecular formula is C14H13NO5. The molecule has 2 aliphatic heterocycles. The van der Waals surface area contributed by atoms with Gasteiger partial charge in [-0.05, 0) is 5.56 Å². The third kappa shape index (κ3) is 1.99. The number of aliphatic hydroxyl groups excluding tert-OH is 1. The van der Waals surface area contributed by atoms with Crippen molar-refractivity contribution in [1.82, 2.24) is 4.90 Å². The van der Waals surface area contributed by atoms with Crippen molar-refractivity contribution in [1.29, 1.82) is 0 Å². The predicted molar refractivity (Wildman–Crippen MR) is 67.1 cm³/mol. The fraction of sp³-hybridized carbons (Fsp3) is 0.286. The molecule has 1 aromatic carbocycles. The van der Waals surface area contributed by atoms with Gasteiger partial charge in [0.2, 0.25) is 5.91 Å². The van der Waals surface area contributed by atoms with Gasteiger partial charge >= 0.3 is 5.97 Å². The van der Waals surface area contributed by atoms with Gasteiger partial charge in [-0.15, -0.1) is 0 Å². The molecule has 2 aliphatic rings. The Balaban J connectivity index is 1.68. The first-order valence-electron chi connectivity index (χ1n) is 6.23. The number of hydrogen-bond acceptors (Lipinski definition) is 5. The number of hydrogen-bond donors (Lipinski definition) is 1. The summed E-state index contributed by atoms with van der Waals surface area (Å²) in [6, 6.07) is 8.24. The molecule has 6 nitrogen and oxygen atoms in total.